The van der Waals surface area contributed by atoms with Gasteiger partial charge < -0.3 is 20.5 Å². The lowest BCUT2D eigenvalue weighted by atomic mass is 9.86. The lowest BCUT2D eigenvalue weighted by Gasteiger charge is -2.33. The second-order valence-corrected chi connectivity index (χ2v) is 9.94. The van der Waals surface area contributed by atoms with E-state index in [1.54, 1.807) is 6.92 Å². The van der Waals surface area contributed by atoms with E-state index in [2.05, 4.69) is 10.6 Å². The summed E-state index contributed by atoms with van der Waals surface area (Å²) in [4.78, 5) is 38.3. The molecule has 0 fully saturated rings. The maximum absolute atomic E-state index is 13.1. The van der Waals surface area contributed by atoms with Crippen molar-refractivity contribution in [3.63, 3.8) is 0 Å². The van der Waals surface area contributed by atoms with E-state index in [9.17, 15) is 19.5 Å². The van der Waals surface area contributed by atoms with Gasteiger partial charge in [-0.2, -0.15) is 0 Å². The number of nitrogens with one attached hydrogen (secondary N) is 2. The molecule has 7 heteroatoms. The highest BCUT2D eigenvalue weighted by Crippen LogP contribution is 2.23. The highest BCUT2D eigenvalue weighted by atomic mass is 16.5. The minimum absolute atomic E-state index is 0.0185. The summed E-state index contributed by atoms with van der Waals surface area (Å²) in [6, 6.07) is 9.06. The Labute approximate surface area is 197 Å². The van der Waals surface area contributed by atoms with Gasteiger partial charge in [0.25, 0.3) is 0 Å². The molecule has 0 spiro atoms. The predicted molar refractivity (Wildman–Crippen MR) is 127 cm³/mol. The summed E-state index contributed by atoms with van der Waals surface area (Å²) in [5.41, 5.74) is 0.719. The van der Waals surface area contributed by atoms with Crippen molar-refractivity contribution in [3.05, 3.63) is 48.0 Å². The number of benzene rings is 1. The maximum atomic E-state index is 13.1. The normalized spacial score (nSPS) is 23.5. The Kier molecular flexibility index (Phi) is 10.1. The second kappa shape index (κ2) is 12.5. The number of aliphatic hydroxyl groups is 1. The largest absolute Gasteiger partial charge is 0.463 e. The number of hydrogen-bond donors (Lipinski definition) is 3. The van der Waals surface area contributed by atoms with Crippen LogP contribution in [0.15, 0.2) is 42.5 Å². The monoisotopic (exact) mass is 458 g/mol. The first-order valence-electron chi connectivity index (χ1n) is 11.7. The minimum Gasteiger partial charge on any atom is -0.463 e. The van der Waals surface area contributed by atoms with Crippen LogP contribution in [0.2, 0.25) is 0 Å². The van der Waals surface area contributed by atoms with E-state index in [0.717, 1.165) is 5.56 Å². The van der Waals surface area contributed by atoms with Crippen LogP contribution in [0, 0.1) is 17.3 Å². The van der Waals surface area contributed by atoms with Crippen LogP contribution < -0.4 is 10.6 Å². The van der Waals surface area contributed by atoms with Crippen LogP contribution in [0.3, 0.4) is 0 Å². The van der Waals surface area contributed by atoms with Gasteiger partial charge in [-0.25, -0.2) is 0 Å². The molecule has 1 aliphatic heterocycles. The molecule has 0 radical (unpaired) electrons. The number of esters is 1. The summed E-state index contributed by atoms with van der Waals surface area (Å²) in [6.45, 7) is 7.54. The van der Waals surface area contributed by atoms with E-state index in [1.165, 1.54) is 0 Å². The lowest BCUT2D eigenvalue weighted by Crippen LogP contribution is -2.50. The summed E-state index contributed by atoms with van der Waals surface area (Å²) >= 11 is 0. The van der Waals surface area contributed by atoms with Crippen LogP contribution >= 0.6 is 0 Å². The van der Waals surface area contributed by atoms with E-state index < -0.39 is 12.0 Å². The molecule has 0 saturated carbocycles. The number of hydrogen-bond acceptors (Lipinski definition) is 5. The number of rotatable bonds is 6. The highest BCUT2D eigenvalue weighted by molar-refractivity contribution is 5.86. The van der Waals surface area contributed by atoms with Gasteiger partial charge in [0, 0.05) is 12.5 Å². The number of ether oxygens (including phenoxy) is 1. The number of aliphatic hydroxyl groups excluding tert-OH is 1. The van der Waals surface area contributed by atoms with Gasteiger partial charge in [-0.3, -0.25) is 14.4 Å². The third-order valence-corrected chi connectivity index (χ3v) is 5.90. The molecule has 2 amide bonds. The molecular formula is C26H38N2O5. The van der Waals surface area contributed by atoms with Crippen molar-refractivity contribution in [2.24, 2.45) is 17.3 Å². The smallest absolute Gasteiger partial charge is 0.309 e. The molecule has 4 atom stereocenters. The van der Waals surface area contributed by atoms with Crippen molar-refractivity contribution in [2.75, 3.05) is 13.2 Å². The van der Waals surface area contributed by atoms with E-state index in [-0.39, 0.29) is 54.8 Å². The number of carbonyl (C=O) groups is 3. The molecule has 2 rings (SSSR count). The van der Waals surface area contributed by atoms with Crippen molar-refractivity contribution in [1.82, 2.24) is 10.6 Å². The Hall–Kier alpha value is -2.67. The zero-order chi connectivity index (χ0) is 24.4. The van der Waals surface area contributed by atoms with E-state index in [0.29, 0.717) is 19.3 Å². The zero-order valence-corrected chi connectivity index (χ0v) is 20.2. The van der Waals surface area contributed by atoms with Gasteiger partial charge in [0.15, 0.2) is 0 Å². The fourth-order valence-electron chi connectivity index (χ4n) is 3.65. The van der Waals surface area contributed by atoms with Gasteiger partial charge >= 0.3 is 5.97 Å². The van der Waals surface area contributed by atoms with Crippen molar-refractivity contribution in [3.8, 4) is 0 Å². The lowest BCUT2D eigenvalue weighted by molar-refractivity contribution is -0.151. The van der Waals surface area contributed by atoms with Crippen LogP contribution in [0.1, 0.15) is 52.5 Å². The van der Waals surface area contributed by atoms with Crippen LogP contribution in [0.25, 0.3) is 0 Å². The van der Waals surface area contributed by atoms with Crippen molar-refractivity contribution < 1.29 is 24.2 Å². The van der Waals surface area contributed by atoms with E-state index in [1.807, 2.05) is 63.3 Å². The Bertz CT molecular complexity index is 816. The van der Waals surface area contributed by atoms with E-state index >= 15 is 0 Å². The molecule has 1 aromatic rings. The Balaban J connectivity index is 2.21. The van der Waals surface area contributed by atoms with Crippen LogP contribution in [-0.2, 0) is 25.5 Å². The number of amides is 2. The first-order valence-corrected chi connectivity index (χ1v) is 11.7. The molecule has 0 aliphatic carbocycles. The summed E-state index contributed by atoms with van der Waals surface area (Å²) in [7, 11) is 0. The number of allylic oxidation sites excluding steroid dienone is 2. The third-order valence-electron chi connectivity index (χ3n) is 5.90. The molecular weight excluding hydrogens is 420 g/mol. The summed E-state index contributed by atoms with van der Waals surface area (Å²) in [6.07, 6.45) is 5.23. The first-order chi connectivity index (χ1) is 15.6. The third kappa shape index (κ3) is 9.00. The zero-order valence-electron chi connectivity index (χ0n) is 20.2. The minimum atomic E-state index is -0.556. The second-order valence-electron chi connectivity index (χ2n) is 9.94. The van der Waals surface area contributed by atoms with Gasteiger partial charge in [0.05, 0.1) is 24.5 Å². The molecule has 1 aliphatic rings. The molecule has 33 heavy (non-hydrogen) atoms. The molecule has 0 unspecified atom stereocenters. The van der Waals surface area contributed by atoms with Gasteiger partial charge in [0.2, 0.25) is 11.8 Å². The first kappa shape index (κ1) is 26.6. The van der Waals surface area contributed by atoms with Gasteiger partial charge in [-0.05, 0) is 37.2 Å². The summed E-state index contributed by atoms with van der Waals surface area (Å²) < 4.78 is 5.68. The van der Waals surface area contributed by atoms with Crippen LogP contribution in [-0.4, -0.2) is 48.2 Å². The molecule has 3 N–H and O–H groups in total. The summed E-state index contributed by atoms with van der Waals surface area (Å²) in [5.74, 6) is -1.69. The summed E-state index contributed by atoms with van der Waals surface area (Å²) in [5, 5.41) is 14.9. The van der Waals surface area contributed by atoms with Crippen LogP contribution in [0.4, 0.5) is 0 Å². The number of cyclic esters (lactones) is 1. The van der Waals surface area contributed by atoms with Crippen LogP contribution in [0.5, 0.6) is 0 Å². The van der Waals surface area contributed by atoms with Crippen molar-refractivity contribution >= 4 is 17.8 Å². The highest BCUT2D eigenvalue weighted by Gasteiger charge is 2.32. The fourth-order valence-corrected chi connectivity index (χ4v) is 3.65. The van der Waals surface area contributed by atoms with Crippen molar-refractivity contribution in [1.29, 1.82) is 0 Å². The molecule has 1 heterocycles. The molecule has 1 aromatic carbocycles. The topological polar surface area (TPSA) is 105 Å². The SMILES string of the molecule is C[C@H](CO)NC(=O)C[C@H]1CC=CC[C@@H](Cc2ccccc2)C(=O)OC[C@H](C(C)(C)C)NC1=O. The van der Waals surface area contributed by atoms with Gasteiger partial charge in [0.1, 0.15) is 6.61 Å². The number of carbonyl (C=O) groups excluding carboxylic acids is 3. The Morgan fingerprint density at radius 2 is 1.79 bits per heavy atom. The maximum Gasteiger partial charge on any atom is 0.309 e. The average molecular weight is 459 g/mol. The molecule has 182 valence electrons. The molecule has 0 bridgehead atoms. The molecule has 7 nitrogen and oxygen atoms in total. The van der Waals surface area contributed by atoms with Crippen molar-refractivity contribution in [2.45, 2.75) is 65.5 Å². The average Bonchev–Trinajstić information content (AvgIpc) is 2.76. The predicted octanol–water partition coefficient (Wildman–Crippen LogP) is 2.77. The molecule has 0 saturated heterocycles. The molecule has 0 aromatic heterocycles. The van der Waals surface area contributed by atoms with Gasteiger partial charge in [-0.15, -0.1) is 0 Å². The Morgan fingerprint density at radius 1 is 1.15 bits per heavy atom. The standard InChI is InChI=1S/C26H38N2O5/c1-18(16-29)27-23(30)15-20-12-8-9-13-21(14-19-10-6-5-7-11-19)25(32)33-17-22(26(2,3)4)28-24(20)31/h5-11,18,20-22,29H,12-17H2,1-4H3,(H,27,30)(H,28,31)/t18-,20-,21+,22-/m1/s1. The Morgan fingerprint density at radius 3 is 2.39 bits per heavy atom. The van der Waals surface area contributed by atoms with Gasteiger partial charge in [-0.1, -0.05) is 63.3 Å². The fraction of sp³-hybridized carbons (Fsp3) is 0.577. The quantitative estimate of drug-likeness (QED) is 0.449. The van der Waals surface area contributed by atoms with E-state index in [4.69, 9.17) is 4.74 Å².